The first-order valence-electron chi connectivity index (χ1n) is 5.83. The number of rotatable bonds is 4. The highest BCUT2D eigenvalue weighted by Gasteiger charge is 2.18. The van der Waals surface area contributed by atoms with Gasteiger partial charge in [-0.2, -0.15) is 0 Å². The Morgan fingerprint density at radius 1 is 1.20 bits per heavy atom. The molecule has 2 rings (SSSR count). The van der Waals surface area contributed by atoms with Crippen LogP contribution >= 0.6 is 15.9 Å². The summed E-state index contributed by atoms with van der Waals surface area (Å²) in [4.78, 5) is 0.142. The van der Waals surface area contributed by atoms with Gasteiger partial charge in [-0.25, -0.2) is 8.42 Å². The van der Waals surface area contributed by atoms with Crippen molar-refractivity contribution in [2.75, 3.05) is 12.8 Å². The Bertz CT molecular complexity index is 729. The van der Waals surface area contributed by atoms with Gasteiger partial charge in [-0.05, 0) is 35.9 Å². The van der Waals surface area contributed by atoms with Crippen LogP contribution in [-0.4, -0.2) is 15.5 Å². The molecule has 0 aliphatic heterocycles. The van der Waals surface area contributed by atoms with Crippen LogP contribution in [0.5, 0.6) is 5.75 Å². The van der Waals surface area contributed by atoms with Crippen molar-refractivity contribution in [2.45, 2.75) is 10.6 Å². The molecule has 0 spiro atoms. The number of benzene rings is 2. The van der Waals surface area contributed by atoms with Gasteiger partial charge in [0.05, 0.1) is 23.4 Å². The van der Waals surface area contributed by atoms with Gasteiger partial charge in [-0.3, -0.25) is 0 Å². The SMILES string of the molecule is COc1cccc(CS(=O)(=O)c2ccc(Br)cc2N)c1. The van der Waals surface area contributed by atoms with E-state index in [1.165, 1.54) is 6.07 Å². The predicted octanol–water partition coefficient (Wildman–Crippen LogP) is 3.01. The molecule has 0 saturated heterocycles. The van der Waals surface area contributed by atoms with Crippen LogP contribution in [0.4, 0.5) is 5.69 Å². The average Bonchev–Trinajstić information content (AvgIpc) is 2.37. The van der Waals surface area contributed by atoms with Gasteiger partial charge in [0.2, 0.25) is 0 Å². The van der Waals surface area contributed by atoms with E-state index in [0.29, 0.717) is 11.3 Å². The van der Waals surface area contributed by atoms with Gasteiger partial charge in [-0.1, -0.05) is 28.1 Å². The summed E-state index contributed by atoms with van der Waals surface area (Å²) >= 11 is 3.26. The Kier molecular flexibility index (Phi) is 4.35. The molecule has 0 aromatic heterocycles. The predicted molar refractivity (Wildman–Crippen MR) is 82.4 cm³/mol. The second-order valence-corrected chi connectivity index (χ2v) is 7.17. The number of nitrogens with two attached hydrogens (primary N) is 1. The molecule has 0 saturated carbocycles. The third kappa shape index (κ3) is 3.32. The zero-order chi connectivity index (χ0) is 14.8. The third-order valence-electron chi connectivity index (χ3n) is 2.80. The number of methoxy groups -OCH3 is 1. The van der Waals surface area contributed by atoms with Crippen LogP contribution in [-0.2, 0) is 15.6 Å². The summed E-state index contributed by atoms with van der Waals surface area (Å²) in [7, 11) is -1.95. The van der Waals surface area contributed by atoms with Crippen molar-refractivity contribution in [3.05, 3.63) is 52.5 Å². The standard InChI is InChI=1S/C14H14BrNO3S/c1-19-12-4-2-3-10(7-12)9-20(17,18)14-6-5-11(15)8-13(14)16/h2-8H,9,16H2,1H3. The fourth-order valence-corrected chi connectivity index (χ4v) is 3.71. The van der Waals surface area contributed by atoms with Gasteiger partial charge in [0, 0.05) is 4.47 Å². The van der Waals surface area contributed by atoms with Crippen LogP contribution in [0.25, 0.3) is 0 Å². The zero-order valence-corrected chi connectivity index (χ0v) is 13.2. The maximum absolute atomic E-state index is 12.4. The van der Waals surface area contributed by atoms with E-state index in [0.717, 1.165) is 4.47 Å². The van der Waals surface area contributed by atoms with E-state index in [-0.39, 0.29) is 16.3 Å². The summed E-state index contributed by atoms with van der Waals surface area (Å²) in [6, 6.07) is 11.7. The Labute approximate surface area is 126 Å². The maximum atomic E-state index is 12.4. The summed E-state index contributed by atoms with van der Waals surface area (Å²) in [6.45, 7) is 0. The lowest BCUT2D eigenvalue weighted by Crippen LogP contribution is -2.08. The molecule has 2 aromatic rings. The van der Waals surface area contributed by atoms with Crippen LogP contribution in [0.3, 0.4) is 0 Å². The van der Waals surface area contributed by atoms with Gasteiger partial charge >= 0.3 is 0 Å². The lowest BCUT2D eigenvalue weighted by molar-refractivity contribution is 0.414. The molecule has 0 bridgehead atoms. The van der Waals surface area contributed by atoms with Crippen molar-refractivity contribution in [3.63, 3.8) is 0 Å². The molecule has 0 aliphatic rings. The van der Waals surface area contributed by atoms with Gasteiger partial charge in [0.1, 0.15) is 5.75 Å². The van der Waals surface area contributed by atoms with Gasteiger partial charge in [0.15, 0.2) is 9.84 Å². The highest BCUT2D eigenvalue weighted by Crippen LogP contribution is 2.26. The molecule has 20 heavy (non-hydrogen) atoms. The number of nitrogen functional groups attached to an aromatic ring is 1. The Morgan fingerprint density at radius 3 is 2.60 bits per heavy atom. The minimum atomic E-state index is -3.49. The molecule has 0 atom stereocenters. The number of hydrogen-bond acceptors (Lipinski definition) is 4. The fraction of sp³-hybridized carbons (Fsp3) is 0.143. The summed E-state index contributed by atoms with van der Waals surface area (Å²) < 4.78 is 30.6. The zero-order valence-electron chi connectivity index (χ0n) is 10.8. The van der Waals surface area contributed by atoms with Crippen molar-refractivity contribution < 1.29 is 13.2 Å². The molecule has 0 radical (unpaired) electrons. The van der Waals surface area contributed by atoms with Crippen molar-refractivity contribution in [3.8, 4) is 5.75 Å². The molecular weight excluding hydrogens is 342 g/mol. The van der Waals surface area contributed by atoms with Crippen molar-refractivity contribution in [1.29, 1.82) is 0 Å². The molecule has 0 heterocycles. The van der Waals surface area contributed by atoms with Crippen molar-refractivity contribution in [2.24, 2.45) is 0 Å². The van der Waals surface area contributed by atoms with E-state index in [4.69, 9.17) is 10.5 Å². The van der Waals surface area contributed by atoms with E-state index in [9.17, 15) is 8.42 Å². The Morgan fingerprint density at radius 2 is 1.95 bits per heavy atom. The minimum Gasteiger partial charge on any atom is -0.497 e. The van der Waals surface area contributed by atoms with Gasteiger partial charge in [-0.15, -0.1) is 0 Å². The first kappa shape index (κ1) is 14.9. The molecule has 0 unspecified atom stereocenters. The number of ether oxygens (including phenoxy) is 1. The smallest absolute Gasteiger partial charge is 0.184 e. The minimum absolute atomic E-state index is 0.115. The van der Waals surface area contributed by atoms with E-state index in [1.54, 1.807) is 43.5 Å². The molecule has 0 aliphatic carbocycles. The van der Waals surface area contributed by atoms with Crippen LogP contribution in [0.2, 0.25) is 0 Å². The summed E-state index contributed by atoms with van der Waals surface area (Å²) in [5.41, 5.74) is 6.68. The fourth-order valence-electron chi connectivity index (χ4n) is 1.86. The van der Waals surface area contributed by atoms with E-state index in [1.807, 2.05) is 0 Å². The molecule has 2 aromatic carbocycles. The largest absolute Gasteiger partial charge is 0.497 e. The lowest BCUT2D eigenvalue weighted by atomic mass is 10.2. The van der Waals surface area contributed by atoms with Crippen LogP contribution < -0.4 is 10.5 Å². The average molecular weight is 356 g/mol. The molecule has 2 N–H and O–H groups in total. The lowest BCUT2D eigenvalue weighted by Gasteiger charge is -2.09. The van der Waals surface area contributed by atoms with Crippen LogP contribution in [0.1, 0.15) is 5.56 Å². The van der Waals surface area contributed by atoms with Gasteiger partial charge < -0.3 is 10.5 Å². The molecular formula is C14H14BrNO3S. The van der Waals surface area contributed by atoms with Crippen LogP contribution in [0.15, 0.2) is 51.8 Å². The maximum Gasteiger partial charge on any atom is 0.184 e. The first-order valence-corrected chi connectivity index (χ1v) is 8.27. The second-order valence-electron chi connectivity index (χ2n) is 4.29. The molecule has 0 amide bonds. The summed E-state index contributed by atoms with van der Waals surface area (Å²) in [5, 5.41) is 0. The molecule has 4 nitrogen and oxygen atoms in total. The quantitative estimate of drug-likeness (QED) is 0.855. The van der Waals surface area contributed by atoms with E-state index < -0.39 is 9.84 Å². The summed E-state index contributed by atoms with van der Waals surface area (Å²) in [6.07, 6.45) is 0. The Hall–Kier alpha value is -1.53. The normalized spacial score (nSPS) is 11.3. The Balaban J connectivity index is 2.35. The third-order valence-corrected chi connectivity index (χ3v) is 5.05. The topological polar surface area (TPSA) is 69.4 Å². The molecule has 0 fully saturated rings. The molecule has 6 heteroatoms. The van der Waals surface area contributed by atoms with Crippen molar-refractivity contribution >= 4 is 31.5 Å². The molecule has 106 valence electrons. The van der Waals surface area contributed by atoms with E-state index >= 15 is 0 Å². The number of halogens is 1. The summed E-state index contributed by atoms with van der Waals surface area (Å²) in [5.74, 6) is 0.511. The van der Waals surface area contributed by atoms with Crippen molar-refractivity contribution in [1.82, 2.24) is 0 Å². The first-order chi connectivity index (χ1) is 9.42. The highest BCUT2D eigenvalue weighted by molar-refractivity contribution is 9.10. The number of sulfone groups is 1. The highest BCUT2D eigenvalue weighted by atomic mass is 79.9. The van der Waals surface area contributed by atoms with Gasteiger partial charge in [0.25, 0.3) is 0 Å². The number of hydrogen-bond donors (Lipinski definition) is 1. The van der Waals surface area contributed by atoms with E-state index in [2.05, 4.69) is 15.9 Å². The second kappa shape index (κ2) is 5.85. The van der Waals surface area contributed by atoms with Crippen LogP contribution in [0, 0.1) is 0 Å². The number of anilines is 1. The monoisotopic (exact) mass is 355 g/mol.